The SMILES string of the molecule is CCN(C(=O)NC)C1CNC1. The second kappa shape index (κ2) is 3.57. The van der Waals surface area contributed by atoms with E-state index >= 15 is 0 Å². The summed E-state index contributed by atoms with van der Waals surface area (Å²) in [5, 5.41) is 5.76. The van der Waals surface area contributed by atoms with Gasteiger partial charge in [-0.3, -0.25) is 0 Å². The van der Waals surface area contributed by atoms with E-state index in [1.807, 2.05) is 11.8 Å². The van der Waals surface area contributed by atoms with Crippen molar-refractivity contribution in [3.8, 4) is 0 Å². The van der Waals surface area contributed by atoms with Crippen molar-refractivity contribution < 1.29 is 4.79 Å². The standard InChI is InChI=1S/C7H15N3O/c1-3-10(7(11)8-2)6-4-9-5-6/h6,9H,3-5H2,1-2H3,(H,8,11). The number of nitrogens with one attached hydrogen (secondary N) is 2. The first-order valence-corrected chi connectivity index (χ1v) is 3.98. The van der Waals surface area contributed by atoms with Crippen LogP contribution < -0.4 is 10.6 Å². The molecule has 1 aliphatic rings. The molecule has 2 amide bonds. The van der Waals surface area contributed by atoms with Gasteiger partial charge in [-0.05, 0) is 6.92 Å². The minimum Gasteiger partial charge on any atom is -0.341 e. The number of amides is 2. The normalized spacial score (nSPS) is 17.3. The van der Waals surface area contributed by atoms with Crippen molar-refractivity contribution in [3.63, 3.8) is 0 Å². The van der Waals surface area contributed by atoms with Gasteiger partial charge in [0.25, 0.3) is 0 Å². The van der Waals surface area contributed by atoms with E-state index < -0.39 is 0 Å². The first-order chi connectivity index (χ1) is 5.29. The monoisotopic (exact) mass is 157 g/mol. The van der Waals surface area contributed by atoms with Crippen molar-refractivity contribution in [2.45, 2.75) is 13.0 Å². The summed E-state index contributed by atoms with van der Waals surface area (Å²) in [5.74, 6) is 0. The summed E-state index contributed by atoms with van der Waals surface area (Å²) in [4.78, 5) is 13.0. The zero-order valence-corrected chi connectivity index (χ0v) is 7.05. The van der Waals surface area contributed by atoms with E-state index in [2.05, 4.69) is 10.6 Å². The molecule has 4 nitrogen and oxygen atoms in total. The fourth-order valence-electron chi connectivity index (χ4n) is 1.21. The minimum absolute atomic E-state index is 0.0269. The number of likely N-dealkylation sites (N-methyl/N-ethyl adjacent to an activating group) is 1. The molecule has 64 valence electrons. The van der Waals surface area contributed by atoms with Gasteiger partial charge in [-0.2, -0.15) is 0 Å². The van der Waals surface area contributed by atoms with Crippen molar-refractivity contribution in [2.24, 2.45) is 0 Å². The number of hydrogen-bond acceptors (Lipinski definition) is 2. The molecule has 0 aromatic carbocycles. The third-order valence-corrected chi connectivity index (χ3v) is 2.02. The van der Waals surface area contributed by atoms with E-state index in [0.717, 1.165) is 19.6 Å². The van der Waals surface area contributed by atoms with Crippen LogP contribution in [0.15, 0.2) is 0 Å². The van der Waals surface area contributed by atoms with E-state index in [1.54, 1.807) is 7.05 Å². The van der Waals surface area contributed by atoms with E-state index in [-0.39, 0.29) is 6.03 Å². The molecule has 0 bridgehead atoms. The van der Waals surface area contributed by atoms with Gasteiger partial charge in [0.1, 0.15) is 0 Å². The molecule has 1 heterocycles. The lowest BCUT2D eigenvalue weighted by molar-refractivity contribution is 0.155. The molecule has 1 saturated heterocycles. The quantitative estimate of drug-likeness (QED) is 0.574. The lowest BCUT2D eigenvalue weighted by atomic mass is 10.1. The Morgan fingerprint density at radius 1 is 1.73 bits per heavy atom. The van der Waals surface area contributed by atoms with Crippen LogP contribution in [0.3, 0.4) is 0 Å². The van der Waals surface area contributed by atoms with Gasteiger partial charge < -0.3 is 15.5 Å². The predicted molar refractivity (Wildman–Crippen MR) is 43.5 cm³/mol. The highest BCUT2D eigenvalue weighted by Crippen LogP contribution is 2.03. The summed E-state index contributed by atoms with van der Waals surface area (Å²) in [6.07, 6.45) is 0. The Labute approximate surface area is 66.9 Å². The van der Waals surface area contributed by atoms with Crippen molar-refractivity contribution in [2.75, 3.05) is 26.7 Å². The van der Waals surface area contributed by atoms with Crippen LogP contribution in [0, 0.1) is 0 Å². The average molecular weight is 157 g/mol. The first-order valence-electron chi connectivity index (χ1n) is 3.98. The van der Waals surface area contributed by atoms with Crippen LogP contribution in [0.25, 0.3) is 0 Å². The molecule has 11 heavy (non-hydrogen) atoms. The summed E-state index contributed by atoms with van der Waals surface area (Å²) in [6.45, 7) is 4.64. The highest BCUT2D eigenvalue weighted by Gasteiger charge is 2.26. The molecule has 4 heteroatoms. The molecule has 0 aliphatic carbocycles. The van der Waals surface area contributed by atoms with Crippen LogP contribution in [0.4, 0.5) is 4.79 Å². The fraction of sp³-hybridized carbons (Fsp3) is 0.857. The van der Waals surface area contributed by atoms with Gasteiger partial charge >= 0.3 is 6.03 Å². The molecule has 2 N–H and O–H groups in total. The second-order valence-corrected chi connectivity index (χ2v) is 2.65. The number of carbonyl (C=O) groups is 1. The van der Waals surface area contributed by atoms with Gasteiger partial charge in [-0.15, -0.1) is 0 Å². The maximum absolute atomic E-state index is 11.2. The predicted octanol–water partition coefficient (Wildman–Crippen LogP) is -0.381. The third kappa shape index (κ3) is 1.63. The summed E-state index contributed by atoms with van der Waals surface area (Å²) in [6, 6.07) is 0.430. The Hall–Kier alpha value is -0.770. The molecule has 1 aliphatic heterocycles. The van der Waals surface area contributed by atoms with Gasteiger partial charge in [-0.25, -0.2) is 4.79 Å². The first kappa shape index (κ1) is 8.33. The highest BCUT2D eigenvalue weighted by atomic mass is 16.2. The van der Waals surface area contributed by atoms with Crippen molar-refractivity contribution in [1.82, 2.24) is 15.5 Å². The molecular weight excluding hydrogens is 142 g/mol. The van der Waals surface area contributed by atoms with Crippen molar-refractivity contribution in [3.05, 3.63) is 0 Å². The Kier molecular flexibility index (Phi) is 2.70. The molecule has 0 spiro atoms. The zero-order valence-electron chi connectivity index (χ0n) is 7.05. The number of nitrogens with zero attached hydrogens (tertiary/aromatic N) is 1. The van der Waals surface area contributed by atoms with Crippen molar-refractivity contribution in [1.29, 1.82) is 0 Å². The van der Waals surface area contributed by atoms with Gasteiger partial charge in [-0.1, -0.05) is 0 Å². The number of urea groups is 1. The van der Waals surface area contributed by atoms with Crippen LogP contribution in [0.2, 0.25) is 0 Å². The van der Waals surface area contributed by atoms with Crippen LogP contribution in [-0.2, 0) is 0 Å². The van der Waals surface area contributed by atoms with Gasteiger partial charge in [0.05, 0.1) is 6.04 Å². The largest absolute Gasteiger partial charge is 0.341 e. The second-order valence-electron chi connectivity index (χ2n) is 2.65. The lowest BCUT2D eigenvalue weighted by Crippen LogP contribution is -2.60. The molecule has 0 atom stereocenters. The average Bonchev–Trinajstić information content (AvgIpc) is 1.94. The number of rotatable bonds is 2. The lowest BCUT2D eigenvalue weighted by Gasteiger charge is -2.37. The van der Waals surface area contributed by atoms with Gasteiger partial charge in [0.15, 0.2) is 0 Å². The molecule has 0 aromatic rings. The van der Waals surface area contributed by atoms with Gasteiger partial charge in [0, 0.05) is 26.7 Å². The maximum atomic E-state index is 11.2. The Morgan fingerprint density at radius 3 is 2.64 bits per heavy atom. The Morgan fingerprint density at radius 2 is 2.36 bits per heavy atom. The van der Waals surface area contributed by atoms with Crippen LogP contribution >= 0.6 is 0 Å². The van der Waals surface area contributed by atoms with Crippen LogP contribution in [0.1, 0.15) is 6.92 Å². The smallest absolute Gasteiger partial charge is 0.317 e. The van der Waals surface area contributed by atoms with Crippen LogP contribution in [0.5, 0.6) is 0 Å². The van der Waals surface area contributed by atoms with E-state index in [1.165, 1.54) is 0 Å². The molecule has 1 fully saturated rings. The summed E-state index contributed by atoms with van der Waals surface area (Å²) in [5.41, 5.74) is 0. The molecule has 0 saturated carbocycles. The van der Waals surface area contributed by atoms with Crippen LogP contribution in [-0.4, -0.2) is 43.7 Å². The van der Waals surface area contributed by atoms with E-state index in [9.17, 15) is 4.79 Å². The summed E-state index contributed by atoms with van der Waals surface area (Å²) >= 11 is 0. The van der Waals surface area contributed by atoms with E-state index in [0.29, 0.717) is 6.04 Å². The Balaban J connectivity index is 2.40. The third-order valence-electron chi connectivity index (χ3n) is 2.02. The molecule has 0 radical (unpaired) electrons. The Bertz CT molecular complexity index is 145. The molecule has 0 unspecified atom stereocenters. The molecule has 1 rings (SSSR count). The number of carbonyl (C=O) groups excluding carboxylic acids is 1. The van der Waals surface area contributed by atoms with Crippen molar-refractivity contribution >= 4 is 6.03 Å². The van der Waals surface area contributed by atoms with E-state index in [4.69, 9.17) is 0 Å². The number of hydrogen-bond donors (Lipinski definition) is 2. The zero-order chi connectivity index (χ0) is 8.27. The molecule has 0 aromatic heterocycles. The topological polar surface area (TPSA) is 44.4 Å². The minimum atomic E-state index is 0.0269. The fourth-order valence-corrected chi connectivity index (χ4v) is 1.21. The maximum Gasteiger partial charge on any atom is 0.317 e. The molecular formula is C7H15N3O. The van der Waals surface area contributed by atoms with Gasteiger partial charge in [0.2, 0.25) is 0 Å². The highest BCUT2D eigenvalue weighted by molar-refractivity contribution is 5.74. The summed E-state index contributed by atoms with van der Waals surface area (Å²) < 4.78 is 0. The summed E-state index contributed by atoms with van der Waals surface area (Å²) in [7, 11) is 1.66.